The highest BCUT2D eigenvalue weighted by atomic mass is 19.1. The molecule has 0 amide bonds. The first-order valence-electron chi connectivity index (χ1n) is 6.30. The Morgan fingerprint density at radius 1 is 1.28 bits per heavy atom. The fourth-order valence-electron chi connectivity index (χ4n) is 1.75. The minimum atomic E-state index is -0.320. The van der Waals surface area contributed by atoms with Crippen molar-refractivity contribution in [2.24, 2.45) is 5.73 Å². The third kappa shape index (κ3) is 5.02. The van der Waals surface area contributed by atoms with Gasteiger partial charge in [0.25, 0.3) is 0 Å². The number of methoxy groups -OCH3 is 1. The number of benzene rings is 1. The van der Waals surface area contributed by atoms with Crippen LogP contribution in [0.5, 0.6) is 5.75 Å². The summed E-state index contributed by atoms with van der Waals surface area (Å²) in [4.78, 5) is 0. The van der Waals surface area contributed by atoms with Crippen molar-refractivity contribution in [3.05, 3.63) is 29.6 Å². The fraction of sp³-hybridized carbons (Fsp3) is 0.571. The van der Waals surface area contributed by atoms with Crippen LogP contribution in [0, 0.1) is 5.82 Å². The van der Waals surface area contributed by atoms with Gasteiger partial charge in [-0.2, -0.15) is 0 Å². The van der Waals surface area contributed by atoms with E-state index in [4.69, 9.17) is 15.2 Å². The Hall–Kier alpha value is -1.13. The molecular weight excluding hydrogens is 233 g/mol. The molecule has 0 aromatic heterocycles. The summed E-state index contributed by atoms with van der Waals surface area (Å²) in [5, 5.41) is 0. The van der Waals surface area contributed by atoms with Crippen molar-refractivity contribution in [2.45, 2.75) is 32.2 Å². The maximum absolute atomic E-state index is 13.7. The fourth-order valence-corrected chi connectivity index (χ4v) is 1.75. The molecule has 18 heavy (non-hydrogen) atoms. The smallest absolute Gasteiger partial charge is 0.165 e. The van der Waals surface area contributed by atoms with Crippen LogP contribution in [0.2, 0.25) is 0 Å². The minimum absolute atomic E-state index is 0.0114. The average molecular weight is 255 g/mol. The van der Waals surface area contributed by atoms with Crippen LogP contribution in [-0.4, -0.2) is 26.4 Å². The first-order valence-corrected chi connectivity index (χ1v) is 6.30. The standard InChI is InChI=1S/C14H22FNO2/c1-11(16)10-12-6-5-7-13(15)14(12)18-9-4-3-8-17-2/h5-7,11H,3-4,8-10,16H2,1-2H3. The lowest BCUT2D eigenvalue weighted by molar-refractivity contribution is 0.183. The number of rotatable bonds is 8. The predicted molar refractivity (Wildman–Crippen MR) is 70.4 cm³/mol. The molecule has 1 atom stereocenters. The molecule has 0 radical (unpaired) electrons. The number of hydrogen-bond donors (Lipinski definition) is 1. The van der Waals surface area contributed by atoms with Gasteiger partial charge in [0.2, 0.25) is 0 Å². The highest BCUT2D eigenvalue weighted by Crippen LogP contribution is 2.24. The first kappa shape index (κ1) is 14.9. The summed E-state index contributed by atoms with van der Waals surface area (Å²) in [6.07, 6.45) is 2.37. The molecule has 0 bridgehead atoms. The number of unbranched alkanes of at least 4 members (excludes halogenated alkanes) is 1. The molecule has 0 fully saturated rings. The van der Waals surface area contributed by atoms with E-state index in [9.17, 15) is 4.39 Å². The van der Waals surface area contributed by atoms with Gasteiger partial charge in [-0.1, -0.05) is 12.1 Å². The molecule has 0 aliphatic heterocycles. The average Bonchev–Trinajstić information content (AvgIpc) is 2.31. The van der Waals surface area contributed by atoms with Crippen molar-refractivity contribution in [3.8, 4) is 5.75 Å². The van der Waals surface area contributed by atoms with E-state index in [1.54, 1.807) is 13.2 Å². The number of ether oxygens (including phenoxy) is 2. The number of halogens is 1. The zero-order chi connectivity index (χ0) is 13.4. The summed E-state index contributed by atoms with van der Waals surface area (Å²) in [6, 6.07) is 4.94. The second kappa shape index (κ2) is 8.06. The lowest BCUT2D eigenvalue weighted by Gasteiger charge is -2.13. The van der Waals surface area contributed by atoms with E-state index in [2.05, 4.69) is 0 Å². The van der Waals surface area contributed by atoms with Gasteiger partial charge >= 0.3 is 0 Å². The van der Waals surface area contributed by atoms with E-state index in [0.717, 1.165) is 18.4 Å². The molecule has 1 aromatic carbocycles. The van der Waals surface area contributed by atoms with Gasteiger partial charge in [-0.25, -0.2) is 4.39 Å². The zero-order valence-electron chi connectivity index (χ0n) is 11.1. The number of para-hydroxylation sites is 1. The van der Waals surface area contributed by atoms with Crippen molar-refractivity contribution < 1.29 is 13.9 Å². The molecule has 0 heterocycles. The number of hydrogen-bond acceptors (Lipinski definition) is 3. The van der Waals surface area contributed by atoms with Crippen LogP contribution in [0.1, 0.15) is 25.3 Å². The van der Waals surface area contributed by atoms with Gasteiger partial charge in [-0.15, -0.1) is 0 Å². The third-order valence-corrected chi connectivity index (χ3v) is 2.58. The molecule has 0 aliphatic rings. The Balaban J connectivity index is 2.56. The molecule has 4 heteroatoms. The van der Waals surface area contributed by atoms with E-state index in [1.807, 2.05) is 13.0 Å². The van der Waals surface area contributed by atoms with Crippen LogP contribution in [0.25, 0.3) is 0 Å². The van der Waals surface area contributed by atoms with Crippen LogP contribution < -0.4 is 10.5 Å². The second-order valence-corrected chi connectivity index (χ2v) is 4.46. The summed E-state index contributed by atoms with van der Waals surface area (Å²) in [6.45, 7) is 3.09. The summed E-state index contributed by atoms with van der Waals surface area (Å²) in [5.41, 5.74) is 6.57. The topological polar surface area (TPSA) is 44.5 Å². The van der Waals surface area contributed by atoms with E-state index >= 15 is 0 Å². The highest BCUT2D eigenvalue weighted by molar-refractivity contribution is 5.35. The lowest BCUT2D eigenvalue weighted by Crippen LogP contribution is -2.18. The van der Waals surface area contributed by atoms with Crippen LogP contribution in [0.4, 0.5) is 4.39 Å². The highest BCUT2D eigenvalue weighted by Gasteiger charge is 2.11. The van der Waals surface area contributed by atoms with Crippen molar-refractivity contribution in [2.75, 3.05) is 20.3 Å². The number of nitrogens with two attached hydrogens (primary N) is 1. The van der Waals surface area contributed by atoms with Gasteiger partial charge in [0.15, 0.2) is 11.6 Å². The molecule has 0 aliphatic carbocycles. The normalized spacial score (nSPS) is 12.4. The van der Waals surface area contributed by atoms with Crippen LogP contribution in [-0.2, 0) is 11.2 Å². The molecule has 1 aromatic rings. The van der Waals surface area contributed by atoms with Gasteiger partial charge in [0, 0.05) is 19.8 Å². The van der Waals surface area contributed by atoms with E-state index in [0.29, 0.717) is 25.4 Å². The van der Waals surface area contributed by atoms with Gasteiger partial charge in [0.1, 0.15) is 0 Å². The summed E-state index contributed by atoms with van der Waals surface area (Å²) < 4.78 is 24.2. The first-order chi connectivity index (χ1) is 8.65. The van der Waals surface area contributed by atoms with Crippen LogP contribution >= 0.6 is 0 Å². The Bertz CT molecular complexity index is 356. The van der Waals surface area contributed by atoms with Crippen molar-refractivity contribution in [1.29, 1.82) is 0 Å². The molecule has 1 rings (SSSR count). The molecule has 2 N–H and O–H groups in total. The second-order valence-electron chi connectivity index (χ2n) is 4.46. The summed E-state index contributed by atoms with van der Waals surface area (Å²) in [5.74, 6) is 0.0205. The summed E-state index contributed by atoms with van der Waals surface area (Å²) >= 11 is 0. The Morgan fingerprint density at radius 2 is 2.00 bits per heavy atom. The lowest BCUT2D eigenvalue weighted by atomic mass is 10.1. The molecule has 0 saturated heterocycles. The van der Waals surface area contributed by atoms with Crippen molar-refractivity contribution in [3.63, 3.8) is 0 Å². The molecule has 3 nitrogen and oxygen atoms in total. The van der Waals surface area contributed by atoms with Crippen LogP contribution in [0.3, 0.4) is 0 Å². The maximum Gasteiger partial charge on any atom is 0.165 e. The SMILES string of the molecule is COCCCCOc1c(F)cccc1CC(C)N. The zero-order valence-corrected chi connectivity index (χ0v) is 11.1. The van der Waals surface area contributed by atoms with Gasteiger partial charge in [-0.05, 0) is 37.8 Å². The quantitative estimate of drug-likeness (QED) is 0.726. The molecule has 0 saturated carbocycles. The van der Waals surface area contributed by atoms with Gasteiger partial charge < -0.3 is 15.2 Å². The monoisotopic (exact) mass is 255 g/mol. The van der Waals surface area contributed by atoms with E-state index < -0.39 is 0 Å². The summed E-state index contributed by atoms with van der Waals surface area (Å²) in [7, 11) is 1.67. The van der Waals surface area contributed by atoms with E-state index in [-0.39, 0.29) is 11.9 Å². The Labute approximate surface area is 108 Å². The van der Waals surface area contributed by atoms with Gasteiger partial charge in [0.05, 0.1) is 6.61 Å². The molecule has 102 valence electrons. The van der Waals surface area contributed by atoms with Gasteiger partial charge in [-0.3, -0.25) is 0 Å². The Kier molecular flexibility index (Phi) is 6.68. The largest absolute Gasteiger partial charge is 0.490 e. The van der Waals surface area contributed by atoms with Crippen molar-refractivity contribution in [1.82, 2.24) is 0 Å². The molecular formula is C14H22FNO2. The van der Waals surface area contributed by atoms with Crippen LogP contribution in [0.15, 0.2) is 18.2 Å². The molecule has 0 spiro atoms. The Morgan fingerprint density at radius 3 is 2.67 bits per heavy atom. The van der Waals surface area contributed by atoms with Crippen molar-refractivity contribution >= 4 is 0 Å². The predicted octanol–water partition coefficient (Wildman–Crippen LogP) is 2.52. The molecule has 1 unspecified atom stereocenters. The third-order valence-electron chi connectivity index (χ3n) is 2.58. The minimum Gasteiger partial charge on any atom is -0.490 e. The van der Waals surface area contributed by atoms with E-state index in [1.165, 1.54) is 6.07 Å². The maximum atomic E-state index is 13.7.